The van der Waals surface area contributed by atoms with Crippen molar-refractivity contribution in [1.82, 2.24) is 9.88 Å². The van der Waals surface area contributed by atoms with Crippen LogP contribution in [0.1, 0.15) is 56.3 Å². The van der Waals surface area contributed by atoms with Crippen LogP contribution in [0.2, 0.25) is 0 Å². The number of benzene rings is 2. The van der Waals surface area contributed by atoms with E-state index in [-0.39, 0.29) is 29.8 Å². The second kappa shape index (κ2) is 9.21. The Bertz CT molecular complexity index is 1320. The van der Waals surface area contributed by atoms with E-state index in [2.05, 4.69) is 17.1 Å². The van der Waals surface area contributed by atoms with Crippen molar-refractivity contribution in [3.05, 3.63) is 65.9 Å². The predicted octanol–water partition coefficient (Wildman–Crippen LogP) is 5.11. The van der Waals surface area contributed by atoms with E-state index in [1.54, 1.807) is 0 Å². The maximum absolute atomic E-state index is 13.2. The normalized spacial score (nSPS) is 26.4. The van der Waals surface area contributed by atoms with E-state index in [4.69, 9.17) is 9.47 Å². The van der Waals surface area contributed by atoms with Crippen molar-refractivity contribution in [2.45, 2.75) is 57.2 Å². The van der Waals surface area contributed by atoms with Gasteiger partial charge in [0.25, 0.3) is 0 Å². The van der Waals surface area contributed by atoms with Crippen LogP contribution in [0.5, 0.6) is 5.75 Å². The molecule has 2 saturated heterocycles. The van der Waals surface area contributed by atoms with Gasteiger partial charge in [-0.15, -0.1) is 0 Å². The van der Waals surface area contributed by atoms with E-state index in [1.807, 2.05) is 54.4 Å². The third-order valence-electron chi connectivity index (χ3n) is 8.97. The molecule has 3 atom stereocenters. The minimum Gasteiger partial charge on any atom is -0.487 e. The number of para-hydroxylation sites is 2. The van der Waals surface area contributed by atoms with Crippen LogP contribution >= 0.6 is 0 Å². The summed E-state index contributed by atoms with van der Waals surface area (Å²) in [6.07, 6.45) is 5.41. The molecule has 0 unspecified atom stereocenters. The van der Waals surface area contributed by atoms with Crippen LogP contribution in [0, 0.1) is 11.3 Å². The molecule has 3 aromatic rings. The fraction of sp³-hybridized carbons (Fsp3) is 0.467. The Morgan fingerprint density at radius 1 is 1.11 bits per heavy atom. The number of carbonyl (C=O) groups is 2. The highest BCUT2D eigenvalue weighted by Gasteiger charge is 2.54. The number of nitrogens with one attached hydrogen (secondary N) is 1. The molecule has 194 valence electrons. The first-order chi connectivity index (χ1) is 17.9. The van der Waals surface area contributed by atoms with Gasteiger partial charge in [0.2, 0.25) is 5.91 Å². The molecule has 3 aliphatic rings. The van der Waals surface area contributed by atoms with E-state index in [1.165, 1.54) is 0 Å². The Balaban J connectivity index is 1.16. The topological polar surface area (TPSA) is 91.9 Å². The summed E-state index contributed by atoms with van der Waals surface area (Å²) in [6, 6.07) is 16.1. The summed E-state index contributed by atoms with van der Waals surface area (Å²) in [5.74, 6) is 0.207. The quantitative estimate of drug-likeness (QED) is 0.506. The molecule has 2 N–H and O–H groups in total. The molecule has 6 rings (SSSR count). The molecular weight excluding hydrogens is 468 g/mol. The van der Waals surface area contributed by atoms with Gasteiger partial charge < -0.3 is 24.5 Å². The van der Waals surface area contributed by atoms with E-state index in [0.717, 1.165) is 47.0 Å². The van der Waals surface area contributed by atoms with Crippen LogP contribution in [-0.4, -0.2) is 52.2 Å². The number of H-pyrrole nitrogens is 1. The SMILES string of the molecule is C[C@@]1(CCC(=O)O)Oc2ccccc2[C@@H]2OCC3(CCN(C(=O)Cc4c[nH]c5ccccc45)CC3)C[C@H]21. The minimum atomic E-state index is -0.811. The molecule has 1 spiro atoms. The number of amides is 1. The summed E-state index contributed by atoms with van der Waals surface area (Å²) in [6.45, 7) is 4.13. The van der Waals surface area contributed by atoms with Gasteiger partial charge in [-0.2, -0.15) is 0 Å². The number of aromatic amines is 1. The van der Waals surface area contributed by atoms with Gasteiger partial charge in [-0.3, -0.25) is 9.59 Å². The van der Waals surface area contributed by atoms with Crippen molar-refractivity contribution in [2.75, 3.05) is 19.7 Å². The smallest absolute Gasteiger partial charge is 0.303 e. The average Bonchev–Trinajstić information content (AvgIpc) is 3.31. The highest BCUT2D eigenvalue weighted by Crippen LogP contribution is 2.56. The first kappa shape index (κ1) is 24.0. The van der Waals surface area contributed by atoms with Gasteiger partial charge in [-0.1, -0.05) is 36.4 Å². The standard InChI is InChI=1S/C30H34N2O5/c1-29(11-10-27(34)35)23-17-30(19-36-28(23)22-7-3-5-9-25(22)37-29)12-14-32(15-13-30)26(33)16-20-18-31-24-8-4-2-6-21(20)24/h2-9,18,23,28,31H,10-17,19H2,1H3,(H,34,35)/t23-,28+,29+/m1/s1. The maximum Gasteiger partial charge on any atom is 0.303 e. The van der Waals surface area contributed by atoms with Gasteiger partial charge in [0.05, 0.1) is 19.1 Å². The van der Waals surface area contributed by atoms with Gasteiger partial charge in [-0.25, -0.2) is 0 Å². The van der Waals surface area contributed by atoms with Crippen LogP contribution in [0.15, 0.2) is 54.7 Å². The Hall–Kier alpha value is -3.32. The van der Waals surface area contributed by atoms with Crippen LogP contribution in [0.3, 0.4) is 0 Å². The highest BCUT2D eigenvalue weighted by molar-refractivity contribution is 5.88. The van der Waals surface area contributed by atoms with Gasteiger partial charge in [0, 0.05) is 48.1 Å². The fourth-order valence-corrected chi connectivity index (χ4v) is 6.72. The summed E-state index contributed by atoms with van der Waals surface area (Å²) in [7, 11) is 0. The van der Waals surface area contributed by atoms with Gasteiger partial charge in [-0.05, 0) is 55.7 Å². The number of carboxylic acids is 1. The number of aliphatic carboxylic acids is 1. The number of carboxylic acid groups (broad SMARTS) is 1. The average molecular weight is 503 g/mol. The number of hydrogen-bond acceptors (Lipinski definition) is 4. The molecule has 3 aliphatic heterocycles. The number of nitrogens with zero attached hydrogens (tertiary/aromatic N) is 1. The minimum absolute atomic E-state index is 0.0289. The number of hydrogen-bond donors (Lipinski definition) is 2. The Morgan fingerprint density at radius 3 is 2.68 bits per heavy atom. The molecule has 0 saturated carbocycles. The second-order valence-corrected chi connectivity index (χ2v) is 11.3. The van der Waals surface area contributed by atoms with Crippen molar-refractivity contribution in [2.24, 2.45) is 11.3 Å². The van der Waals surface area contributed by atoms with Gasteiger partial charge in [0.1, 0.15) is 11.4 Å². The van der Waals surface area contributed by atoms with Gasteiger partial charge in [0.15, 0.2) is 0 Å². The molecule has 7 heteroatoms. The molecule has 2 aromatic carbocycles. The number of likely N-dealkylation sites (tertiary alicyclic amines) is 1. The number of carbonyl (C=O) groups excluding carboxylic acids is 1. The molecule has 0 radical (unpaired) electrons. The molecule has 4 heterocycles. The van der Waals surface area contributed by atoms with Gasteiger partial charge >= 0.3 is 5.97 Å². The van der Waals surface area contributed by atoms with E-state index in [9.17, 15) is 14.7 Å². The number of aromatic nitrogens is 1. The molecule has 1 aromatic heterocycles. The fourth-order valence-electron chi connectivity index (χ4n) is 6.72. The maximum atomic E-state index is 13.2. The summed E-state index contributed by atoms with van der Waals surface area (Å²) < 4.78 is 13.1. The van der Waals surface area contributed by atoms with Crippen molar-refractivity contribution in [1.29, 1.82) is 0 Å². The Kier molecular flexibility index (Phi) is 5.98. The summed E-state index contributed by atoms with van der Waals surface area (Å²) in [5.41, 5.74) is 2.50. The zero-order chi connectivity index (χ0) is 25.6. The molecule has 0 aliphatic carbocycles. The van der Waals surface area contributed by atoms with Crippen molar-refractivity contribution in [3.63, 3.8) is 0 Å². The van der Waals surface area contributed by atoms with Crippen LogP contribution < -0.4 is 4.74 Å². The van der Waals surface area contributed by atoms with Crippen LogP contribution in [0.4, 0.5) is 0 Å². The Labute approximate surface area is 216 Å². The lowest BCUT2D eigenvalue weighted by Crippen LogP contribution is -2.56. The number of ether oxygens (including phenoxy) is 2. The monoisotopic (exact) mass is 502 g/mol. The number of piperidine rings is 1. The lowest BCUT2D eigenvalue weighted by atomic mass is 9.63. The third kappa shape index (κ3) is 4.39. The number of rotatable bonds is 5. The molecule has 37 heavy (non-hydrogen) atoms. The zero-order valence-corrected chi connectivity index (χ0v) is 21.2. The summed E-state index contributed by atoms with van der Waals surface area (Å²) >= 11 is 0. The molecule has 7 nitrogen and oxygen atoms in total. The highest BCUT2D eigenvalue weighted by atomic mass is 16.5. The van der Waals surface area contributed by atoms with E-state index in [0.29, 0.717) is 32.5 Å². The first-order valence-corrected chi connectivity index (χ1v) is 13.3. The first-order valence-electron chi connectivity index (χ1n) is 13.3. The molecule has 1 amide bonds. The third-order valence-corrected chi connectivity index (χ3v) is 8.97. The molecular formula is C30H34N2O5. The summed E-state index contributed by atoms with van der Waals surface area (Å²) in [5, 5.41) is 10.5. The lowest BCUT2D eigenvalue weighted by Gasteiger charge is -2.55. The summed E-state index contributed by atoms with van der Waals surface area (Å²) in [4.78, 5) is 29.9. The zero-order valence-electron chi connectivity index (χ0n) is 21.2. The molecule has 0 bridgehead atoms. The Morgan fingerprint density at radius 2 is 1.86 bits per heavy atom. The second-order valence-electron chi connectivity index (χ2n) is 11.3. The van der Waals surface area contributed by atoms with Crippen molar-refractivity contribution >= 4 is 22.8 Å². The molecule has 2 fully saturated rings. The van der Waals surface area contributed by atoms with Crippen molar-refractivity contribution in [3.8, 4) is 5.75 Å². The van der Waals surface area contributed by atoms with Crippen molar-refractivity contribution < 1.29 is 24.2 Å². The predicted molar refractivity (Wildman–Crippen MR) is 139 cm³/mol. The van der Waals surface area contributed by atoms with E-state index < -0.39 is 11.6 Å². The van der Waals surface area contributed by atoms with Crippen LogP contribution in [-0.2, 0) is 20.7 Å². The lowest BCUT2D eigenvalue weighted by molar-refractivity contribution is -0.183. The van der Waals surface area contributed by atoms with E-state index >= 15 is 0 Å². The van der Waals surface area contributed by atoms with Crippen LogP contribution in [0.25, 0.3) is 10.9 Å². The largest absolute Gasteiger partial charge is 0.487 e. The number of fused-ring (bicyclic) bond motifs is 4.